The molecule has 2 rings (SSSR count). The zero-order valence-corrected chi connectivity index (χ0v) is 29.2. The van der Waals surface area contributed by atoms with Crippen molar-refractivity contribution in [1.29, 1.82) is 0 Å². The molecule has 0 bridgehead atoms. The highest BCUT2D eigenvalue weighted by Gasteiger charge is 2.51. The molecule has 0 aliphatic carbocycles. The fourth-order valence-electron chi connectivity index (χ4n) is 3.82. The van der Waals surface area contributed by atoms with Gasteiger partial charge >= 0.3 is 0 Å². The van der Waals surface area contributed by atoms with Crippen molar-refractivity contribution in [2.24, 2.45) is 0 Å². The normalized spacial score (nSPS) is 26.7. The first-order chi connectivity index (χ1) is 15.7. The minimum absolute atomic E-state index is 0.202. The van der Waals surface area contributed by atoms with Crippen LogP contribution >= 0.6 is 11.8 Å². The Hall–Kier alpha value is 0.238. The van der Waals surface area contributed by atoms with Crippen LogP contribution < -0.4 is 0 Å². The average molecular weight is 575 g/mol. The van der Waals surface area contributed by atoms with Crippen molar-refractivity contribution in [1.82, 2.24) is 0 Å². The second-order valence-corrected chi connectivity index (χ2v) is 32.5. The van der Waals surface area contributed by atoms with E-state index in [1.165, 1.54) is 10.5 Å². The fourth-order valence-corrected chi connectivity index (χ4v) is 8.95. The third-order valence-corrected chi connectivity index (χ3v) is 10.1. The summed E-state index contributed by atoms with van der Waals surface area (Å²) in [6, 6.07) is 8.64. The summed E-state index contributed by atoms with van der Waals surface area (Å²) in [7, 11) is -7.49. The molecule has 10 heteroatoms. The molecule has 0 radical (unpaired) electrons. The van der Waals surface area contributed by atoms with Crippen LogP contribution in [-0.2, 0) is 22.4 Å². The number of thioether (sulfide) groups is 1. The summed E-state index contributed by atoms with van der Waals surface area (Å²) >= 11 is 1.73. The maximum Gasteiger partial charge on any atom is 0.184 e. The van der Waals surface area contributed by atoms with E-state index in [-0.39, 0.29) is 29.9 Å². The van der Waals surface area contributed by atoms with E-state index in [2.05, 4.69) is 110 Å². The number of benzene rings is 1. The van der Waals surface area contributed by atoms with Crippen molar-refractivity contribution in [3.8, 4) is 0 Å². The van der Waals surface area contributed by atoms with Crippen LogP contribution in [0.1, 0.15) is 5.56 Å². The van der Waals surface area contributed by atoms with Crippen molar-refractivity contribution in [2.45, 2.75) is 120 Å². The van der Waals surface area contributed by atoms with Crippen LogP contribution in [0.4, 0.5) is 0 Å². The Bertz CT molecular complexity index is 797. The lowest BCUT2D eigenvalue weighted by molar-refractivity contribution is -0.189. The molecular formula is C25H50O5SSi4. The third-order valence-electron chi connectivity index (χ3n) is 5.01. The van der Waals surface area contributed by atoms with Crippen molar-refractivity contribution in [3.05, 3.63) is 29.8 Å². The number of hydrogen-bond acceptors (Lipinski definition) is 6. The molecule has 0 saturated carbocycles. The Morgan fingerprint density at radius 2 is 1.11 bits per heavy atom. The number of hydrogen-bond donors (Lipinski definition) is 0. The molecule has 202 valence electrons. The summed E-state index contributed by atoms with van der Waals surface area (Å²) in [6.45, 7) is 29.4. The van der Waals surface area contributed by atoms with Gasteiger partial charge in [0.15, 0.2) is 33.3 Å². The molecule has 0 spiro atoms. The predicted molar refractivity (Wildman–Crippen MR) is 160 cm³/mol. The highest BCUT2D eigenvalue weighted by atomic mass is 32.2. The molecule has 1 aromatic carbocycles. The summed E-state index contributed by atoms with van der Waals surface area (Å²) in [5, 5.41) is 0. The van der Waals surface area contributed by atoms with E-state index in [1.54, 1.807) is 11.8 Å². The minimum atomic E-state index is -1.92. The molecule has 0 aromatic heterocycles. The van der Waals surface area contributed by atoms with Crippen LogP contribution in [0, 0.1) is 6.92 Å². The average Bonchev–Trinajstić information content (AvgIpc) is 2.63. The maximum atomic E-state index is 6.94. The quantitative estimate of drug-likeness (QED) is 0.258. The summed E-state index contributed by atoms with van der Waals surface area (Å²) in [5.41, 5.74) is 1.04. The molecule has 1 aromatic rings. The molecule has 35 heavy (non-hydrogen) atoms. The Morgan fingerprint density at radius 1 is 0.657 bits per heavy atom. The van der Waals surface area contributed by atoms with Gasteiger partial charge in [0.25, 0.3) is 0 Å². The monoisotopic (exact) mass is 574 g/mol. The van der Waals surface area contributed by atoms with Gasteiger partial charge in [-0.1, -0.05) is 29.5 Å². The summed E-state index contributed by atoms with van der Waals surface area (Å²) in [6.07, 6.45) is -0.851. The Morgan fingerprint density at radius 3 is 1.57 bits per heavy atom. The van der Waals surface area contributed by atoms with E-state index < -0.39 is 33.3 Å². The molecule has 0 amide bonds. The van der Waals surface area contributed by atoms with E-state index in [0.29, 0.717) is 6.61 Å². The Labute approximate surface area is 223 Å². The second-order valence-electron chi connectivity index (χ2n) is 13.5. The van der Waals surface area contributed by atoms with Crippen LogP contribution in [0.25, 0.3) is 0 Å². The topological polar surface area (TPSA) is 46.2 Å². The SMILES string of the molecule is Cc1ccc(S[C@@H]2O[C@H](CO[Si](C)(C)C)[C@H](O[Si](C)(C)C)[C@H](O[Si](C)(C)C)[C@@H]2O[Si](C)(C)C)cc1. The van der Waals surface area contributed by atoms with E-state index in [4.69, 9.17) is 22.4 Å². The van der Waals surface area contributed by atoms with E-state index in [1.807, 2.05) is 0 Å². The maximum absolute atomic E-state index is 6.94. The standard InChI is InChI=1S/C25H50O5SSi4/c1-19-14-16-20(17-15-19)31-25-24(30-35(11,12)13)23(29-34(8,9)10)22(28-33(5,6)7)21(27-25)18-26-32(2,3)4/h14-17,21-25H,18H2,1-13H3/t21-,22+,23+,24+,25+/m1/s1. The summed E-state index contributed by atoms with van der Waals surface area (Å²) < 4.78 is 33.9. The van der Waals surface area contributed by atoms with Crippen LogP contribution in [0.2, 0.25) is 78.6 Å². The Balaban J connectivity index is 2.54. The van der Waals surface area contributed by atoms with Crippen molar-refractivity contribution >= 4 is 45.0 Å². The van der Waals surface area contributed by atoms with Gasteiger partial charge in [-0.25, -0.2) is 0 Å². The third kappa shape index (κ3) is 11.7. The van der Waals surface area contributed by atoms with Crippen LogP contribution in [0.15, 0.2) is 29.2 Å². The van der Waals surface area contributed by atoms with Crippen LogP contribution in [0.3, 0.4) is 0 Å². The van der Waals surface area contributed by atoms with Gasteiger partial charge in [-0.2, -0.15) is 0 Å². The Kier molecular flexibility index (Phi) is 10.7. The summed E-state index contributed by atoms with van der Waals surface area (Å²) in [5.74, 6) is 0. The molecular weight excluding hydrogens is 525 g/mol. The largest absolute Gasteiger partial charge is 0.415 e. The molecule has 5 atom stereocenters. The lowest BCUT2D eigenvalue weighted by Crippen LogP contribution is -2.65. The van der Waals surface area contributed by atoms with E-state index >= 15 is 0 Å². The van der Waals surface area contributed by atoms with Crippen LogP contribution in [-0.4, -0.2) is 69.7 Å². The van der Waals surface area contributed by atoms with Gasteiger partial charge in [0, 0.05) is 4.90 Å². The second kappa shape index (κ2) is 12.0. The number of ether oxygens (including phenoxy) is 1. The van der Waals surface area contributed by atoms with Gasteiger partial charge in [0.1, 0.15) is 29.9 Å². The van der Waals surface area contributed by atoms with Gasteiger partial charge in [0.05, 0.1) is 6.61 Å². The first-order valence-electron chi connectivity index (χ1n) is 12.8. The van der Waals surface area contributed by atoms with Gasteiger partial charge < -0.3 is 22.4 Å². The molecule has 1 heterocycles. The molecule has 1 aliphatic rings. The summed E-state index contributed by atoms with van der Waals surface area (Å²) in [4.78, 5) is 1.17. The number of aryl methyl sites for hydroxylation is 1. The molecule has 0 unspecified atom stereocenters. The highest BCUT2D eigenvalue weighted by Crippen LogP contribution is 2.40. The molecule has 1 fully saturated rings. The van der Waals surface area contributed by atoms with Crippen LogP contribution in [0.5, 0.6) is 0 Å². The highest BCUT2D eigenvalue weighted by molar-refractivity contribution is 7.99. The van der Waals surface area contributed by atoms with Crippen molar-refractivity contribution < 1.29 is 22.4 Å². The predicted octanol–water partition coefficient (Wildman–Crippen LogP) is 7.32. The van der Waals surface area contributed by atoms with Gasteiger partial charge in [0.2, 0.25) is 0 Å². The first kappa shape index (κ1) is 31.5. The first-order valence-corrected chi connectivity index (χ1v) is 27.3. The molecule has 0 N–H and O–H groups in total. The minimum Gasteiger partial charge on any atom is -0.415 e. The van der Waals surface area contributed by atoms with Gasteiger partial charge in [-0.15, -0.1) is 0 Å². The van der Waals surface area contributed by atoms with Crippen molar-refractivity contribution in [2.75, 3.05) is 6.61 Å². The molecule has 1 aliphatic heterocycles. The smallest absolute Gasteiger partial charge is 0.184 e. The lowest BCUT2D eigenvalue weighted by atomic mass is 10.0. The fraction of sp³-hybridized carbons (Fsp3) is 0.760. The molecule has 5 nitrogen and oxygen atoms in total. The van der Waals surface area contributed by atoms with Crippen molar-refractivity contribution in [3.63, 3.8) is 0 Å². The lowest BCUT2D eigenvalue weighted by Gasteiger charge is -2.51. The zero-order chi connectivity index (χ0) is 26.8. The van der Waals surface area contributed by atoms with E-state index in [9.17, 15) is 0 Å². The van der Waals surface area contributed by atoms with E-state index in [0.717, 1.165) is 0 Å². The molecule has 1 saturated heterocycles. The zero-order valence-electron chi connectivity index (χ0n) is 24.4. The van der Waals surface area contributed by atoms with Gasteiger partial charge in [-0.3, -0.25) is 0 Å². The van der Waals surface area contributed by atoms with Gasteiger partial charge in [-0.05, 0) is 97.6 Å². The number of rotatable bonds is 11.